The number of ether oxygens (including phenoxy) is 1. The Hall–Kier alpha value is -1.65. The van der Waals surface area contributed by atoms with Crippen molar-refractivity contribution in [2.45, 2.75) is 31.5 Å². The molecule has 0 spiro atoms. The average molecular weight is 271 g/mol. The summed E-state index contributed by atoms with van der Waals surface area (Å²) in [6.45, 7) is 1.73. The summed E-state index contributed by atoms with van der Waals surface area (Å²) in [6.07, 6.45) is 10.3. The van der Waals surface area contributed by atoms with Crippen molar-refractivity contribution in [3.8, 4) is 0 Å². The third kappa shape index (κ3) is 3.08. The molecule has 0 aliphatic carbocycles. The number of aromatic nitrogens is 2. The number of hydrogen-bond donors (Lipinski definition) is 1. The van der Waals surface area contributed by atoms with Gasteiger partial charge in [0.25, 0.3) is 0 Å². The molecule has 4 heteroatoms. The molecule has 0 bridgehead atoms. The number of hydrogen-bond acceptors (Lipinski definition) is 3. The zero-order chi connectivity index (χ0) is 13.8. The molecule has 4 nitrogen and oxygen atoms in total. The summed E-state index contributed by atoms with van der Waals surface area (Å²) in [5, 5.41) is 3.64. The van der Waals surface area contributed by atoms with Crippen molar-refractivity contribution >= 4 is 0 Å². The Balaban J connectivity index is 1.66. The summed E-state index contributed by atoms with van der Waals surface area (Å²) in [6, 6.07) is 6.62. The molecular formula is C16H21N3O. The first-order chi connectivity index (χ1) is 9.83. The second-order valence-electron chi connectivity index (χ2n) is 5.39. The van der Waals surface area contributed by atoms with Crippen LogP contribution in [0, 0.1) is 0 Å². The first kappa shape index (κ1) is 13.3. The summed E-state index contributed by atoms with van der Waals surface area (Å²) < 4.78 is 8.05. The van der Waals surface area contributed by atoms with Crippen molar-refractivity contribution in [2.24, 2.45) is 7.05 Å². The third-order valence-electron chi connectivity index (χ3n) is 3.82. The van der Waals surface area contributed by atoms with E-state index in [-0.39, 0.29) is 6.10 Å². The fraction of sp³-hybridized carbons (Fsp3) is 0.438. The van der Waals surface area contributed by atoms with Gasteiger partial charge in [-0.2, -0.15) is 0 Å². The maximum absolute atomic E-state index is 5.97. The topological polar surface area (TPSA) is 39.1 Å². The molecule has 0 saturated carbocycles. The van der Waals surface area contributed by atoms with Gasteiger partial charge < -0.3 is 14.6 Å². The minimum atomic E-state index is 0.135. The molecule has 0 amide bonds. The Labute approximate surface area is 119 Å². The maximum atomic E-state index is 5.97. The summed E-state index contributed by atoms with van der Waals surface area (Å²) in [5.74, 6) is 0. The van der Waals surface area contributed by atoms with Gasteiger partial charge in [-0.05, 0) is 42.2 Å². The summed E-state index contributed by atoms with van der Waals surface area (Å²) in [4.78, 5) is 4.08. The van der Waals surface area contributed by atoms with E-state index in [1.807, 2.05) is 31.6 Å². The van der Waals surface area contributed by atoms with Gasteiger partial charge in [0.05, 0.1) is 6.10 Å². The molecule has 1 aliphatic heterocycles. The van der Waals surface area contributed by atoms with E-state index in [1.165, 1.54) is 11.1 Å². The Morgan fingerprint density at radius 1 is 1.35 bits per heavy atom. The third-order valence-corrected chi connectivity index (χ3v) is 3.82. The van der Waals surface area contributed by atoms with E-state index < -0.39 is 0 Å². The molecule has 106 valence electrons. The molecule has 2 aromatic rings. The van der Waals surface area contributed by atoms with Crippen molar-refractivity contribution in [2.75, 3.05) is 6.61 Å². The molecule has 0 unspecified atom stereocenters. The normalized spacial score (nSPS) is 22.9. The van der Waals surface area contributed by atoms with Gasteiger partial charge in [-0.3, -0.25) is 4.98 Å². The number of rotatable bonds is 4. The van der Waals surface area contributed by atoms with Gasteiger partial charge in [-0.25, -0.2) is 0 Å². The molecule has 0 radical (unpaired) electrons. The summed E-state index contributed by atoms with van der Waals surface area (Å²) in [7, 11) is 2.05. The van der Waals surface area contributed by atoms with Crippen LogP contribution in [0.2, 0.25) is 0 Å². The van der Waals surface area contributed by atoms with E-state index in [9.17, 15) is 0 Å². The van der Waals surface area contributed by atoms with Crippen LogP contribution in [-0.2, 0) is 18.3 Å². The lowest BCUT2D eigenvalue weighted by Gasteiger charge is -2.32. The van der Waals surface area contributed by atoms with Gasteiger partial charge in [0.15, 0.2) is 0 Å². The fourth-order valence-electron chi connectivity index (χ4n) is 2.79. The molecule has 1 saturated heterocycles. The van der Waals surface area contributed by atoms with Crippen molar-refractivity contribution in [3.63, 3.8) is 0 Å². The first-order valence-corrected chi connectivity index (χ1v) is 7.19. The van der Waals surface area contributed by atoms with Crippen molar-refractivity contribution in [1.29, 1.82) is 0 Å². The molecule has 0 aromatic carbocycles. The predicted molar refractivity (Wildman–Crippen MR) is 78.2 cm³/mol. The van der Waals surface area contributed by atoms with Crippen molar-refractivity contribution in [3.05, 3.63) is 54.1 Å². The maximum Gasteiger partial charge on any atom is 0.0978 e. The standard InChI is InChI=1S/C16H21N3O/c1-19-9-6-13(12-19)11-18-15-3-2-10-20-16(15)14-4-7-17-8-5-14/h4-9,12,15-16,18H,2-3,10-11H2,1H3/t15-,16+/m0/s1. The monoisotopic (exact) mass is 271 g/mol. The Kier molecular flexibility index (Phi) is 4.14. The van der Waals surface area contributed by atoms with Crippen LogP contribution in [-0.4, -0.2) is 22.2 Å². The van der Waals surface area contributed by atoms with Crippen molar-refractivity contribution in [1.82, 2.24) is 14.9 Å². The van der Waals surface area contributed by atoms with Crippen molar-refractivity contribution < 1.29 is 4.74 Å². The number of pyridine rings is 1. The van der Waals surface area contributed by atoms with Gasteiger partial charge in [0.2, 0.25) is 0 Å². The second kappa shape index (κ2) is 6.20. The molecule has 2 aromatic heterocycles. The van der Waals surface area contributed by atoms with Gasteiger partial charge in [-0.1, -0.05) is 0 Å². The van der Waals surface area contributed by atoms with E-state index >= 15 is 0 Å². The summed E-state index contributed by atoms with van der Waals surface area (Å²) in [5.41, 5.74) is 2.52. The number of nitrogens with one attached hydrogen (secondary N) is 1. The largest absolute Gasteiger partial charge is 0.372 e. The molecular weight excluding hydrogens is 250 g/mol. The minimum Gasteiger partial charge on any atom is -0.372 e. The number of nitrogens with zero attached hydrogens (tertiary/aromatic N) is 2. The Morgan fingerprint density at radius 3 is 2.95 bits per heavy atom. The lowest BCUT2D eigenvalue weighted by Crippen LogP contribution is -2.39. The predicted octanol–water partition coefficient (Wildman–Crippen LogP) is 2.43. The molecule has 20 heavy (non-hydrogen) atoms. The van der Waals surface area contributed by atoms with Crippen LogP contribution in [0.1, 0.15) is 30.1 Å². The van der Waals surface area contributed by atoms with Gasteiger partial charge in [0, 0.05) is 51.0 Å². The van der Waals surface area contributed by atoms with Gasteiger partial charge >= 0.3 is 0 Å². The first-order valence-electron chi connectivity index (χ1n) is 7.19. The molecule has 1 aliphatic rings. The SMILES string of the molecule is Cn1ccc(CN[C@H]2CCCO[C@@H]2c2ccncc2)c1. The molecule has 2 atom stereocenters. The molecule has 3 heterocycles. The Morgan fingerprint density at radius 2 is 2.20 bits per heavy atom. The zero-order valence-electron chi connectivity index (χ0n) is 11.8. The lowest BCUT2D eigenvalue weighted by molar-refractivity contribution is -0.0112. The highest BCUT2D eigenvalue weighted by Gasteiger charge is 2.26. The zero-order valence-corrected chi connectivity index (χ0v) is 11.8. The second-order valence-corrected chi connectivity index (χ2v) is 5.39. The summed E-state index contributed by atoms with van der Waals surface area (Å²) >= 11 is 0. The van der Waals surface area contributed by atoms with E-state index in [4.69, 9.17) is 4.74 Å². The van der Waals surface area contributed by atoms with Gasteiger partial charge in [-0.15, -0.1) is 0 Å². The highest BCUT2D eigenvalue weighted by Crippen LogP contribution is 2.28. The van der Waals surface area contributed by atoms with Crippen LogP contribution in [0.5, 0.6) is 0 Å². The van der Waals surface area contributed by atoms with Crippen LogP contribution in [0.3, 0.4) is 0 Å². The smallest absolute Gasteiger partial charge is 0.0978 e. The molecule has 1 N–H and O–H groups in total. The van der Waals surface area contributed by atoms with Crippen LogP contribution in [0.25, 0.3) is 0 Å². The highest BCUT2D eigenvalue weighted by atomic mass is 16.5. The van der Waals surface area contributed by atoms with Crippen LogP contribution in [0.15, 0.2) is 43.0 Å². The Bertz CT molecular complexity index is 538. The van der Waals surface area contributed by atoms with E-state index in [1.54, 1.807) is 0 Å². The van der Waals surface area contributed by atoms with Crippen LogP contribution >= 0.6 is 0 Å². The number of aryl methyl sites for hydroxylation is 1. The molecule has 3 rings (SSSR count). The lowest BCUT2D eigenvalue weighted by atomic mass is 9.96. The molecule has 1 fully saturated rings. The minimum absolute atomic E-state index is 0.135. The van der Waals surface area contributed by atoms with E-state index in [2.05, 4.69) is 33.3 Å². The quantitative estimate of drug-likeness (QED) is 0.928. The van der Waals surface area contributed by atoms with E-state index in [0.717, 1.165) is 26.0 Å². The highest BCUT2D eigenvalue weighted by molar-refractivity contribution is 5.17. The fourth-order valence-corrected chi connectivity index (χ4v) is 2.79. The van der Waals surface area contributed by atoms with Gasteiger partial charge in [0.1, 0.15) is 0 Å². The average Bonchev–Trinajstić information content (AvgIpc) is 2.92. The van der Waals surface area contributed by atoms with E-state index in [0.29, 0.717) is 6.04 Å². The van der Waals surface area contributed by atoms with Crippen LogP contribution in [0.4, 0.5) is 0 Å². The van der Waals surface area contributed by atoms with Crippen LogP contribution < -0.4 is 5.32 Å².